The van der Waals surface area contributed by atoms with Crippen molar-refractivity contribution in [2.45, 2.75) is 26.1 Å². The number of nitrogens with zero attached hydrogens (tertiary/aromatic N) is 1. The topological polar surface area (TPSA) is 70.4 Å². The maximum absolute atomic E-state index is 8.98. The summed E-state index contributed by atoms with van der Waals surface area (Å²) in [5, 5.41) is 17.7. The second-order valence-corrected chi connectivity index (χ2v) is 3.86. The molecule has 82 valence electrons. The summed E-state index contributed by atoms with van der Waals surface area (Å²) in [6.07, 6.45) is -0.148. The van der Waals surface area contributed by atoms with E-state index in [-0.39, 0.29) is 23.6 Å². The second-order valence-electron chi connectivity index (χ2n) is 2.93. The highest BCUT2D eigenvalue weighted by atomic mass is 79.9. The van der Waals surface area contributed by atoms with Crippen molar-refractivity contribution in [2.24, 2.45) is 5.73 Å². The Balaban J connectivity index is 0.00000169. The van der Waals surface area contributed by atoms with Crippen LogP contribution in [0.3, 0.4) is 0 Å². The molecule has 0 saturated heterocycles. The molecule has 1 atom stereocenters. The van der Waals surface area contributed by atoms with E-state index in [1.807, 2.05) is 17.0 Å². The number of rotatable bonds is 4. The molecule has 0 bridgehead atoms. The molecule has 0 amide bonds. The zero-order chi connectivity index (χ0) is 9.84. The smallest absolute Gasteiger partial charge is 0.225 e. The van der Waals surface area contributed by atoms with Crippen LogP contribution in [0.15, 0.2) is 5.51 Å². The summed E-state index contributed by atoms with van der Waals surface area (Å²) >= 11 is 1.58. The van der Waals surface area contributed by atoms with Gasteiger partial charge in [-0.3, -0.25) is 0 Å². The minimum atomic E-state index is -0.819. The molecular weight excluding hydrogens is 268 g/mol. The molecule has 0 spiro atoms. The number of thiazole rings is 1. The van der Waals surface area contributed by atoms with Crippen molar-refractivity contribution >= 4 is 11.3 Å². The number of aliphatic hydroxyl groups is 2. The Bertz CT molecular complexity index is 278. The van der Waals surface area contributed by atoms with Crippen molar-refractivity contribution in [1.82, 2.24) is 0 Å². The number of nitrogens with two attached hydrogens (primary N) is 1. The fourth-order valence-corrected chi connectivity index (χ4v) is 2.17. The summed E-state index contributed by atoms with van der Waals surface area (Å²) in [5.74, 6) is 0. The van der Waals surface area contributed by atoms with E-state index in [4.69, 9.17) is 15.9 Å². The highest BCUT2D eigenvalue weighted by Gasteiger charge is 2.16. The number of hydrogen-bond acceptors (Lipinski definition) is 4. The fourth-order valence-electron chi connectivity index (χ4n) is 1.17. The predicted molar refractivity (Wildman–Crippen MR) is 50.2 cm³/mol. The average Bonchev–Trinajstić information content (AvgIpc) is 2.36. The van der Waals surface area contributed by atoms with Gasteiger partial charge in [0.05, 0.1) is 4.88 Å². The molecule has 1 heterocycles. The molecule has 0 aromatic carbocycles. The van der Waals surface area contributed by atoms with Gasteiger partial charge in [0.2, 0.25) is 5.51 Å². The van der Waals surface area contributed by atoms with E-state index in [2.05, 4.69) is 0 Å². The molecule has 0 aliphatic heterocycles. The van der Waals surface area contributed by atoms with Crippen molar-refractivity contribution in [1.29, 1.82) is 0 Å². The van der Waals surface area contributed by atoms with E-state index < -0.39 is 6.23 Å². The van der Waals surface area contributed by atoms with Crippen LogP contribution in [0.2, 0.25) is 0 Å². The van der Waals surface area contributed by atoms with E-state index >= 15 is 0 Å². The van der Waals surface area contributed by atoms with Crippen LogP contribution in [-0.4, -0.2) is 23.0 Å². The van der Waals surface area contributed by atoms with Gasteiger partial charge in [-0.2, -0.15) is 4.57 Å². The monoisotopic (exact) mass is 282 g/mol. The average molecular weight is 283 g/mol. The van der Waals surface area contributed by atoms with E-state index in [0.717, 1.165) is 10.6 Å². The SMILES string of the molecule is Cc1c(CCO)sc[n+]1CC(N)O.[Br-]. The van der Waals surface area contributed by atoms with Gasteiger partial charge >= 0.3 is 0 Å². The van der Waals surface area contributed by atoms with Gasteiger partial charge in [-0.1, -0.05) is 11.3 Å². The lowest BCUT2D eigenvalue weighted by atomic mass is 10.3. The first-order valence-electron chi connectivity index (χ1n) is 4.16. The van der Waals surface area contributed by atoms with Crippen LogP contribution in [0.25, 0.3) is 0 Å². The van der Waals surface area contributed by atoms with Crippen LogP contribution in [0.1, 0.15) is 10.6 Å². The van der Waals surface area contributed by atoms with Crippen LogP contribution in [0.4, 0.5) is 0 Å². The molecule has 0 aliphatic rings. The first-order chi connectivity index (χ1) is 6.15. The Kier molecular flexibility index (Phi) is 6.46. The molecule has 1 aromatic rings. The lowest BCUT2D eigenvalue weighted by molar-refractivity contribution is -0.704. The number of halogens is 1. The van der Waals surface area contributed by atoms with Crippen molar-refractivity contribution in [3.63, 3.8) is 0 Å². The van der Waals surface area contributed by atoms with Gasteiger partial charge in [0.25, 0.3) is 0 Å². The van der Waals surface area contributed by atoms with E-state index in [1.54, 1.807) is 11.3 Å². The van der Waals surface area contributed by atoms with Gasteiger partial charge in [0, 0.05) is 20.0 Å². The summed E-state index contributed by atoms with van der Waals surface area (Å²) in [4.78, 5) is 1.14. The third kappa shape index (κ3) is 3.62. The molecular formula is C8H15BrN2O2S. The van der Waals surface area contributed by atoms with Crippen LogP contribution >= 0.6 is 11.3 Å². The molecule has 1 aromatic heterocycles. The summed E-state index contributed by atoms with van der Waals surface area (Å²) in [5.41, 5.74) is 8.25. The van der Waals surface area contributed by atoms with E-state index in [0.29, 0.717) is 13.0 Å². The third-order valence-corrected chi connectivity index (χ3v) is 3.02. The summed E-state index contributed by atoms with van der Waals surface area (Å²) in [6, 6.07) is 0. The molecule has 1 rings (SSSR count). The van der Waals surface area contributed by atoms with Crippen LogP contribution in [0.5, 0.6) is 0 Å². The first-order valence-corrected chi connectivity index (χ1v) is 5.04. The lowest BCUT2D eigenvalue weighted by Crippen LogP contribution is -3.00. The zero-order valence-corrected chi connectivity index (χ0v) is 10.4. The highest BCUT2D eigenvalue weighted by molar-refractivity contribution is 7.09. The molecule has 0 aliphatic carbocycles. The van der Waals surface area contributed by atoms with Crippen molar-refractivity contribution < 1.29 is 31.8 Å². The molecule has 4 nitrogen and oxygen atoms in total. The Morgan fingerprint density at radius 3 is 2.79 bits per heavy atom. The molecule has 0 fully saturated rings. The van der Waals surface area contributed by atoms with Crippen LogP contribution in [-0.2, 0) is 13.0 Å². The van der Waals surface area contributed by atoms with Gasteiger partial charge in [0.1, 0.15) is 0 Å². The molecule has 0 saturated carbocycles. The summed E-state index contributed by atoms with van der Waals surface area (Å²) < 4.78 is 1.90. The predicted octanol–water partition coefficient (Wildman–Crippen LogP) is -3.84. The Morgan fingerprint density at radius 2 is 2.29 bits per heavy atom. The molecule has 14 heavy (non-hydrogen) atoms. The maximum atomic E-state index is 8.98. The lowest BCUT2D eigenvalue weighted by Gasteiger charge is -1.98. The number of aromatic nitrogens is 1. The molecule has 4 N–H and O–H groups in total. The van der Waals surface area contributed by atoms with E-state index in [1.165, 1.54) is 0 Å². The van der Waals surface area contributed by atoms with Gasteiger partial charge in [-0.15, -0.1) is 0 Å². The minimum Gasteiger partial charge on any atom is -1.00 e. The van der Waals surface area contributed by atoms with Gasteiger partial charge in [0.15, 0.2) is 18.5 Å². The Labute approximate surface area is 97.8 Å². The Morgan fingerprint density at radius 1 is 1.64 bits per heavy atom. The molecule has 6 heteroatoms. The zero-order valence-electron chi connectivity index (χ0n) is 7.98. The van der Waals surface area contributed by atoms with Crippen LogP contribution in [0, 0.1) is 6.92 Å². The van der Waals surface area contributed by atoms with E-state index in [9.17, 15) is 0 Å². The standard InChI is InChI=1S/C8H15N2O2S.BrH/c1-6-7(2-3-11)13-5-10(6)4-8(9)12;/h5,8,11-12H,2-4,9H2,1H3;1H/q+1;/p-1. The second kappa shape index (κ2) is 6.47. The quantitative estimate of drug-likeness (QED) is 0.391. The van der Waals surface area contributed by atoms with Gasteiger partial charge < -0.3 is 32.9 Å². The molecule has 1 unspecified atom stereocenters. The molecule has 0 radical (unpaired) electrons. The third-order valence-electron chi connectivity index (χ3n) is 1.88. The normalized spacial score (nSPS) is 12.3. The fraction of sp³-hybridized carbons (Fsp3) is 0.625. The van der Waals surface area contributed by atoms with Crippen LogP contribution < -0.4 is 27.3 Å². The highest BCUT2D eigenvalue weighted by Crippen LogP contribution is 2.10. The summed E-state index contributed by atoms with van der Waals surface area (Å²) in [7, 11) is 0. The first kappa shape index (κ1) is 14.0. The Hall–Kier alpha value is -0.0100. The minimum absolute atomic E-state index is 0. The van der Waals surface area contributed by atoms with Crippen molar-refractivity contribution in [2.75, 3.05) is 6.61 Å². The van der Waals surface area contributed by atoms with Gasteiger partial charge in [-0.05, 0) is 0 Å². The van der Waals surface area contributed by atoms with Crippen molar-refractivity contribution in [3.05, 3.63) is 16.1 Å². The largest absolute Gasteiger partial charge is 1.00 e. The number of aliphatic hydroxyl groups excluding tert-OH is 2. The summed E-state index contributed by atoms with van der Waals surface area (Å²) in [6.45, 7) is 2.53. The maximum Gasteiger partial charge on any atom is 0.225 e. The number of hydrogen-bond donors (Lipinski definition) is 3. The van der Waals surface area contributed by atoms with Crippen molar-refractivity contribution in [3.8, 4) is 0 Å². The van der Waals surface area contributed by atoms with Gasteiger partial charge in [-0.25, -0.2) is 0 Å².